The minimum atomic E-state index is 1.17. The zero-order valence-electron chi connectivity index (χ0n) is 9.69. The Hall–Kier alpha value is -0.560. The van der Waals surface area contributed by atoms with Crippen LogP contribution in [-0.4, -0.2) is 13.6 Å². The minimum absolute atomic E-state index is 1.17. The van der Waals surface area contributed by atoms with Crippen molar-refractivity contribution in [3.8, 4) is 0 Å². The molecular weight excluding hydrogens is 158 g/mol. The predicted molar refractivity (Wildman–Crippen MR) is 63.1 cm³/mol. The van der Waals surface area contributed by atoms with Gasteiger partial charge in [0.15, 0.2) is 0 Å². The molecule has 0 heterocycles. The molecule has 0 aromatic heterocycles. The summed E-state index contributed by atoms with van der Waals surface area (Å²) in [5.41, 5.74) is 1.23. The molecule has 0 aliphatic carbocycles. The van der Waals surface area contributed by atoms with E-state index >= 15 is 0 Å². The SMILES string of the molecule is C=C/C(C)=C\C.CCCCCNC. The van der Waals surface area contributed by atoms with Crippen LogP contribution in [0.25, 0.3) is 0 Å². The van der Waals surface area contributed by atoms with Crippen LogP contribution in [0.4, 0.5) is 0 Å². The van der Waals surface area contributed by atoms with Gasteiger partial charge in [0, 0.05) is 0 Å². The van der Waals surface area contributed by atoms with Crippen molar-refractivity contribution in [1.82, 2.24) is 5.32 Å². The van der Waals surface area contributed by atoms with Crippen LogP contribution in [-0.2, 0) is 0 Å². The number of allylic oxidation sites excluding steroid dienone is 3. The summed E-state index contributed by atoms with van der Waals surface area (Å²) in [6.45, 7) is 11.0. The fourth-order valence-electron chi connectivity index (χ4n) is 0.670. The Morgan fingerprint density at radius 3 is 2.23 bits per heavy atom. The van der Waals surface area contributed by atoms with Crippen molar-refractivity contribution in [3.05, 3.63) is 24.3 Å². The van der Waals surface area contributed by atoms with Gasteiger partial charge in [0.2, 0.25) is 0 Å². The van der Waals surface area contributed by atoms with Crippen LogP contribution in [0.2, 0.25) is 0 Å². The number of unbranched alkanes of at least 4 members (excludes halogenated alkanes) is 2. The van der Waals surface area contributed by atoms with E-state index in [-0.39, 0.29) is 0 Å². The van der Waals surface area contributed by atoms with E-state index in [1.54, 1.807) is 0 Å². The molecule has 0 aliphatic rings. The highest BCUT2D eigenvalue weighted by molar-refractivity contribution is 5.10. The quantitative estimate of drug-likeness (QED) is 0.508. The maximum absolute atomic E-state index is 3.56. The second-order valence-corrected chi connectivity index (χ2v) is 3.05. The van der Waals surface area contributed by atoms with Crippen LogP contribution >= 0.6 is 0 Å². The summed E-state index contributed by atoms with van der Waals surface area (Å²) in [6, 6.07) is 0. The summed E-state index contributed by atoms with van der Waals surface area (Å²) in [5, 5.41) is 3.10. The van der Waals surface area contributed by atoms with E-state index in [1.165, 1.54) is 31.4 Å². The molecule has 0 aliphatic heterocycles. The van der Waals surface area contributed by atoms with Crippen molar-refractivity contribution in [1.29, 1.82) is 0 Å². The Bertz CT molecular complexity index is 121. The summed E-state index contributed by atoms with van der Waals surface area (Å²) in [5.74, 6) is 0. The van der Waals surface area contributed by atoms with E-state index < -0.39 is 0 Å². The maximum Gasteiger partial charge on any atom is -0.00519 e. The number of nitrogens with one attached hydrogen (secondary N) is 1. The molecule has 13 heavy (non-hydrogen) atoms. The number of hydrogen-bond donors (Lipinski definition) is 1. The summed E-state index contributed by atoms with van der Waals surface area (Å²) in [7, 11) is 2.00. The van der Waals surface area contributed by atoms with Gasteiger partial charge in [-0.1, -0.05) is 44.1 Å². The molecule has 0 saturated carbocycles. The lowest BCUT2D eigenvalue weighted by Crippen LogP contribution is -2.06. The average molecular weight is 183 g/mol. The molecule has 0 aromatic carbocycles. The van der Waals surface area contributed by atoms with E-state index in [9.17, 15) is 0 Å². The van der Waals surface area contributed by atoms with E-state index in [1.807, 2.05) is 33.0 Å². The van der Waals surface area contributed by atoms with Crippen molar-refractivity contribution in [2.45, 2.75) is 40.0 Å². The second-order valence-electron chi connectivity index (χ2n) is 3.05. The van der Waals surface area contributed by atoms with Crippen molar-refractivity contribution >= 4 is 0 Å². The van der Waals surface area contributed by atoms with Gasteiger partial charge in [-0.3, -0.25) is 0 Å². The number of rotatable bonds is 5. The van der Waals surface area contributed by atoms with E-state index in [0.717, 1.165) is 0 Å². The zero-order chi connectivity index (χ0) is 10.5. The normalized spacial score (nSPS) is 10.3. The van der Waals surface area contributed by atoms with Gasteiger partial charge in [0.05, 0.1) is 0 Å². The van der Waals surface area contributed by atoms with Crippen LogP contribution in [0.15, 0.2) is 24.3 Å². The fraction of sp³-hybridized carbons (Fsp3) is 0.667. The third-order valence-corrected chi connectivity index (χ3v) is 1.81. The zero-order valence-corrected chi connectivity index (χ0v) is 9.69. The molecule has 0 amide bonds. The van der Waals surface area contributed by atoms with Gasteiger partial charge in [0.1, 0.15) is 0 Å². The molecule has 0 aromatic rings. The lowest BCUT2D eigenvalue weighted by Gasteiger charge is -1.93. The first-order valence-corrected chi connectivity index (χ1v) is 5.12. The lowest BCUT2D eigenvalue weighted by molar-refractivity contribution is 0.667. The summed E-state index contributed by atoms with van der Waals surface area (Å²) in [6.07, 6.45) is 7.86. The van der Waals surface area contributed by atoms with Crippen LogP contribution in [0, 0.1) is 0 Å². The highest BCUT2D eigenvalue weighted by atomic mass is 14.8. The Morgan fingerprint density at radius 1 is 1.38 bits per heavy atom. The van der Waals surface area contributed by atoms with Gasteiger partial charge in [0.25, 0.3) is 0 Å². The van der Waals surface area contributed by atoms with Gasteiger partial charge >= 0.3 is 0 Å². The van der Waals surface area contributed by atoms with Gasteiger partial charge < -0.3 is 5.32 Å². The molecule has 0 unspecified atom stereocenters. The third-order valence-electron chi connectivity index (χ3n) is 1.81. The Kier molecular flexibility index (Phi) is 16.1. The first-order valence-electron chi connectivity index (χ1n) is 5.12. The summed E-state index contributed by atoms with van der Waals surface area (Å²) >= 11 is 0. The molecule has 0 fully saturated rings. The topological polar surface area (TPSA) is 12.0 Å². The summed E-state index contributed by atoms with van der Waals surface area (Å²) in [4.78, 5) is 0. The van der Waals surface area contributed by atoms with E-state index in [0.29, 0.717) is 0 Å². The van der Waals surface area contributed by atoms with Crippen molar-refractivity contribution < 1.29 is 0 Å². The molecule has 0 bridgehead atoms. The van der Waals surface area contributed by atoms with Crippen LogP contribution in [0.3, 0.4) is 0 Å². The Morgan fingerprint density at radius 2 is 2.00 bits per heavy atom. The largest absolute Gasteiger partial charge is 0.320 e. The van der Waals surface area contributed by atoms with Crippen LogP contribution in [0.5, 0.6) is 0 Å². The Labute approximate surface area is 83.9 Å². The lowest BCUT2D eigenvalue weighted by atomic mass is 10.2. The van der Waals surface area contributed by atoms with Gasteiger partial charge in [-0.05, 0) is 33.9 Å². The monoisotopic (exact) mass is 183 g/mol. The van der Waals surface area contributed by atoms with Gasteiger partial charge in [-0.15, -0.1) is 0 Å². The Balaban J connectivity index is 0. The van der Waals surface area contributed by atoms with Crippen molar-refractivity contribution in [2.75, 3.05) is 13.6 Å². The van der Waals surface area contributed by atoms with Gasteiger partial charge in [-0.25, -0.2) is 0 Å². The molecule has 0 radical (unpaired) electrons. The molecule has 0 saturated heterocycles. The molecular formula is C12H25N. The fourth-order valence-corrected chi connectivity index (χ4v) is 0.670. The smallest absolute Gasteiger partial charge is 0.00519 e. The molecule has 0 rings (SSSR count). The highest BCUT2D eigenvalue weighted by Gasteiger charge is 1.78. The molecule has 0 spiro atoms. The maximum atomic E-state index is 3.56. The van der Waals surface area contributed by atoms with Crippen LogP contribution < -0.4 is 5.32 Å². The first kappa shape index (κ1) is 14.9. The minimum Gasteiger partial charge on any atom is -0.320 e. The van der Waals surface area contributed by atoms with Crippen LogP contribution in [0.1, 0.15) is 40.0 Å². The molecule has 1 N–H and O–H groups in total. The molecule has 0 atom stereocenters. The first-order chi connectivity index (χ1) is 6.22. The third kappa shape index (κ3) is 18.4. The average Bonchev–Trinajstić information content (AvgIpc) is 2.18. The van der Waals surface area contributed by atoms with E-state index in [2.05, 4.69) is 18.8 Å². The van der Waals surface area contributed by atoms with Crippen molar-refractivity contribution in [3.63, 3.8) is 0 Å². The molecule has 1 heteroatoms. The standard InChI is InChI=1S/C6H15N.C6H10/c1-3-4-5-6-7-2;1-4-6(3)5-2/h7H,3-6H2,1-2H3;4-5H,1H2,2-3H3/b;6-5-. The van der Waals surface area contributed by atoms with Gasteiger partial charge in [-0.2, -0.15) is 0 Å². The van der Waals surface area contributed by atoms with Crippen molar-refractivity contribution in [2.24, 2.45) is 0 Å². The highest BCUT2D eigenvalue weighted by Crippen LogP contribution is 1.89. The van der Waals surface area contributed by atoms with E-state index in [4.69, 9.17) is 0 Å². The predicted octanol–water partition coefficient (Wildman–Crippen LogP) is 3.53. The number of hydrogen-bond acceptors (Lipinski definition) is 1. The molecule has 1 nitrogen and oxygen atoms in total. The molecule has 78 valence electrons. The summed E-state index contributed by atoms with van der Waals surface area (Å²) < 4.78 is 0. The second kappa shape index (κ2) is 14.0.